The zero-order valence-corrected chi connectivity index (χ0v) is 15.9. The summed E-state index contributed by atoms with van der Waals surface area (Å²) in [4.78, 5) is 9.26. The molecule has 0 radical (unpaired) electrons. The normalized spacial score (nSPS) is 10.7. The summed E-state index contributed by atoms with van der Waals surface area (Å²) in [6, 6.07) is 7.23. The van der Waals surface area contributed by atoms with Crippen LogP contribution in [-0.2, 0) is 5.75 Å². The number of benzene rings is 1. The lowest BCUT2D eigenvalue weighted by Crippen LogP contribution is -2.09. The lowest BCUT2D eigenvalue weighted by atomic mass is 10.2. The number of nitrogens with one attached hydrogen (secondary N) is 1. The lowest BCUT2D eigenvalue weighted by Gasteiger charge is -2.09. The Bertz CT molecular complexity index is 898. The van der Waals surface area contributed by atoms with Gasteiger partial charge in [-0.05, 0) is 38.1 Å². The van der Waals surface area contributed by atoms with Gasteiger partial charge in [-0.2, -0.15) is 0 Å². The highest BCUT2D eigenvalue weighted by Crippen LogP contribution is 2.28. The molecule has 0 bridgehead atoms. The molecule has 128 valence electrons. The Morgan fingerprint density at radius 1 is 1.28 bits per heavy atom. The number of anilines is 1. The topological polar surface area (TPSA) is 76.7 Å². The highest BCUT2D eigenvalue weighted by molar-refractivity contribution is 7.98. The minimum absolute atomic E-state index is 0.451. The minimum Gasteiger partial charge on any atom is -0.411 e. The van der Waals surface area contributed by atoms with Crippen LogP contribution in [0.4, 0.5) is 5.82 Å². The summed E-state index contributed by atoms with van der Waals surface area (Å²) >= 11 is 12.4. The highest BCUT2D eigenvalue weighted by Gasteiger charge is 2.12. The van der Waals surface area contributed by atoms with E-state index in [0.29, 0.717) is 38.5 Å². The standard InChI is InChI=1S/C16H14ClN5OS2/c1-9-18-7-12(14(19-9)20-10(2)24)8-25-16-22-21-15(23-16)11-3-5-13(17)6-4-11/h3-7H,8H2,1-2H3,(H,18,19,20,24). The molecule has 3 rings (SSSR count). The van der Waals surface area contributed by atoms with Crippen molar-refractivity contribution in [1.29, 1.82) is 0 Å². The lowest BCUT2D eigenvalue weighted by molar-refractivity contribution is 0.466. The van der Waals surface area contributed by atoms with Crippen molar-refractivity contribution in [2.75, 3.05) is 5.32 Å². The van der Waals surface area contributed by atoms with Crippen LogP contribution < -0.4 is 5.32 Å². The Kier molecular flexibility index (Phi) is 5.62. The third-order valence-corrected chi connectivity index (χ3v) is 4.35. The van der Waals surface area contributed by atoms with E-state index >= 15 is 0 Å². The summed E-state index contributed by atoms with van der Waals surface area (Å²) in [6.45, 7) is 3.64. The first-order valence-corrected chi connectivity index (χ1v) is 9.11. The number of hydrogen-bond donors (Lipinski definition) is 1. The zero-order chi connectivity index (χ0) is 17.8. The van der Waals surface area contributed by atoms with Crippen LogP contribution >= 0.6 is 35.6 Å². The molecule has 0 aliphatic carbocycles. The molecule has 0 saturated heterocycles. The van der Waals surface area contributed by atoms with Crippen LogP contribution in [0.3, 0.4) is 0 Å². The van der Waals surface area contributed by atoms with Gasteiger partial charge in [-0.25, -0.2) is 9.97 Å². The number of halogens is 1. The molecule has 1 N–H and O–H groups in total. The van der Waals surface area contributed by atoms with Crippen molar-refractivity contribution in [2.45, 2.75) is 24.8 Å². The summed E-state index contributed by atoms with van der Waals surface area (Å²) in [7, 11) is 0. The van der Waals surface area contributed by atoms with E-state index < -0.39 is 0 Å². The van der Waals surface area contributed by atoms with Gasteiger partial charge in [-0.3, -0.25) is 0 Å². The van der Waals surface area contributed by atoms with Crippen LogP contribution in [0.1, 0.15) is 18.3 Å². The summed E-state index contributed by atoms with van der Waals surface area (Å²) in [6.07, 6.45) is 1.77. The van der Waals surface area contributed by atoms with Crippen LogP contribution in [0.2, 0.25) is 5.02 Å². The van der Waals surface area contributed by atoms with Gasteiger partial charge >= 0.3 is 0 Å². The first-order valence-electron chi connectivity index (χ1n) is 7.33. The first-order chi connectivity index (χ1) is 12.0. The summed E-state index contributed by atoms with van der Waals surface area (Å²) in [5.41, 5.74) is 1.73. The number of aryl methyl sites for hydroxylation is 1. The molecule has 2 aromatic heterocycles. The molecule has 25 heavy (non-hydrogen) atoms. The molecule has 0 aliphatic rings. The van der Waals surface area contributed by atoms with E-state index in [1.807, 2.05) is 19.1 Å². The zero-order valence-electron chi connectivity index (χ0n) is 13.5. The van der Waals surface area contributed by atoms with Crippen LogP contribution in [0.25, 0.3) is 11.5 Å². The van der Waals surface area contributed by atoms with Crippen molar-refractivity contribution in [3.05, 3.63) is 46.9 Å². The van der Waals surface area contributed by atoms with Gasteiger partial charge in [-0.1, -0.05) is 35.6 Å². The quantitative estimate of drug-likeness (QED) is 0.501. The molecule has 2 heterocycles. The second kappa shape index (κ2) is 7.90. The van der Waals surface area contributed by atoms with Crippen molar-refractivity contribution in [3.63, 3.8) is 0 Å². The van der Waals surface area contributed by atoms with Crippen LogP contribution in [0.15, 0.2) is 40.1 Å². The molecule has 0 unspecified atom stereocenters. The van der Waals surface area contributed by atoms with Gasteiger partial charge in [0, 0.05) is 28.1 Å². The fourth-order valence-electron chi connectivity index (χ4n) is 1.99. The molecule has 0 atom stereocenters. The van der Waals surface area contributed by atoms with Crippen molar-refractivity contribution < 1.29 is 4.42 Å². The van der Waals surface area contributed by atoms with E-state index in [2.05, 4.69) is 25.5 Å². The van der Waals surface area contributed by atoms with Gasteiger partial charge in [0.25, 0.3) is 5.22 Å². The average molecular weight is 392 g/mol. The second-order valence-electron chi connectivity index (χ2n) is 5.14. The first kappa shape index (κ1) is 17.8. The van der Waals surface area contributed by atoms with E-state index in [4.69, 9.17) is 28.2 Å². The molecular weight excluding hydrogens is 378 g/mol. The van der Waals surface area contributed by atoms with Crippen molar-refractivity contribution >= 4 is 46.4 Å². The highest BCUT2D eigenvalue weighted by atomic mass is 35.5. The molecule has 0 amide bonds. The minimum atomic E-state index is 0.451. The molecule has 3 aromatic rings. The molecule has 9 heteroatoms. The van der Waals surface area contributed by atoms with E-state index in [0.717, 1.165) is 11.1 Å². The maximum Gasteiger partial charge on any atom is 0.277 e. The Hall–Kier alpha value is -2.03. The van der Waals surface area contributed by atoms with Gasteiger partial charge in [0.05, 0.1) is 4.99 Å². The number of nitrogens with zero attached hydrogens (tertiary/aromatic N) is 4. The molecule has 0 saturated carbocycles. The molecule has 6 nitrogen and oxygen atoms in total. The van der Waals surface area contributed by atoms with Crippen LogP contribution in [0.5, 0.6) is 0 Å². The molecular formula is C16H14ClN5OS2. The average Bonchev–Trinajstić information content (AvgIpc) is 3.03. The van der Waals surface area contributed by atoms with E-state index in [-0.39, 0.29) is 0 Å². The predicted octanol–water partition coefficient (Wildman–Crippen LogP) is 4.54. The monoisotopic (exact) mass is 391 g/mol. The van der Waals surface area contributed by atoms with Gasteiger partial charge < -0.3 is 9.73 Å². The number of aromatic nitrogens is 4. The van der Waals surface area contributed by atoms with Crippen molar-refractivity contribution in [1.82, 2.24) is 20.2 Å². The second-order valence-corrected chi connectivity index (χ2v) is 7.12. The number of hydrogen-bond acceptors (Lipinski definition) is 7. The Morgan fingerprint density at radius 2 is 2.04 bits per heavy atom. The summed E-state index contributed by atoms with van der Waals surface area (Å²) in [5, 5.41) is 12.3. The summed E-state index contributed by atoms with van der Waals surface area (Å²) in [5.74, 6) is 2.40. The van der Waals surface area contributed by atoms with Crippen LogP contribution in [-0.4, -0.2) is 25.2 Å². The van der Waals surface area contributed by atoms with Crippen molar-refractivity contribution in [2.24, 2.45) is 0 Å². The Balaban J connectivity index is 1.72. The SMILES string of the molecule is CC(=S)Nc1nc(C)ncc1CSc1nnc(-c2ccc(Cl)cc2)o1. The number of thiocarbonyl (C=S) groups is 1. The molecule has 1 aromatic carbocycles. The van der Waals surface area contributed by atoms with Crippen molar-refractivity contribution in [3.8, 4) is 11.5 Å². The Labute approximate surface area is 159 Å². The van der Waals surface area contributed by atoms with E-state index in [1.165, 1.54) is 11.8 Å². The largest absolute Gasteiger partial charge is 0.411 e. The summed E-state index contributed by atoms with van der Waals surface area (Å²) < 4.78 is 5.69. The fraction of sp³-hybridized carbons (Fsp3) is 0.188. The van der Waals surface area contributed by atoms with Gasteiger partial charge in [0.15, 0.2) is 0 Å². The van der Waals surface area contributed by atoms with E-state index in [9.17, 15) is 0 Å². The maximum absolute atomic E-state index is 5.89. The molecule has 0 spiro atoms. The van der Waals surface area contributed by atoms with Gasteiger partial charge in [0.1, 0.15) is 11.6 Å². The fourth-order valence-corrected chi connectivity index (χ4v) is 2.94. The third kappa shape index (κ3) is 4.75. The number of rotatable bonds is 5. The smallest absolute Gasteiger partial charge is 0.277 e. The van der Waals surface area contributed by atoms with Gasteiger partial charge in [0.2, 0.25) is 5.89 Å². The predicted molar refractivity (Wildman–Crippen MR) is 103 cm³/mol. The molecule has 0 aliphatic heterocycles. The number of thioether (sulfide) groups is 1. The van der Waals surface area contributed by atoms with Crippen LogP contribution in [0, 0.1) is 6.92 Å². The van der Waals surface area contributed by atoms with Gasteiger partial charge in [-0.15, -0.1) is 10.2 Å². The molecule has 0 fully saturated rings. The Morgan fingerprint density at radius 3 is 2.76 bits per heavy atom. The third-order valence-electron chi connectivity index (χ3n) is 3.13. The van der Waals surface area contributed by atoms with E-state index in [1.54, 1.807) is 25.3 Å². The maximum atomic E-state index is 5.89.